The molecular formula is C15H20F3N. The van der Waals surface area contributed by atoms with Crippen molar-refractivity contribution in [2.45, 2.75) is 44.7 Å². The highest BCUT2D eigenvalue weighted by molar-refractivity contribution is 5.38. The average Bonchev–Trinajstić information content (AvgIpc) is 2.65. The number of nitrogens with two attached hydrogens (primary N) is 1. The molecule has 1 aliphatic carbocycles. The monoisotopic (exact) mass is 271 g/mol. The van der Waals surface area contributed by atoms with Gasteiger partial charge in [-0.15, -0.1) is 0 Å². The Labute approximate surface area is 112 Å². The molecule has 1 aromatic carbocycles. The van der Waals surface area contributed by atoms with Crippen molar-refractivity contribution in [1.29, 1.82) is 0 Å². The number of halogens is 3. The molecule has 1 nitrogen and oxygen atoms in total. The maximum absolute atomic E-state index is 13.2. The van der Waals surface area contributed by atoms with Gasteiger partial charge in [-0.25, -0.2) is 0 Å². The maximum atomic E-state index is 13.2. The first kappa shape index (κ1) is 14.4. The van der Waals surface area contributed by atoms with Gasteiger partial charge in [0.2, 0.25) is 0 Å². The second-order valence-corrected chi connectivity index (χ2v) is 6.37. The summed E-state index contributed by atoms with van der Waals surface area (Å²) < 4.78 is 39.5. The first-order valence-electron chi connectivity index (χ1n) is 6.57. The van der Waals surface area contributed by atoms with Gasteiger partial charge in [-0.3, -0.25) is 0 Å². The Hall–Kier alpha value is -1.03. The molecule has 0 radical (unpaired) electrons. The molecule has 2 N–H and O–H groups in total. The first-order chi connectivity index (χ1) is 8.70. The molecule has 1 fully saturated rings. The van der Waals surface area contributed by atoms with Gasteiger partial charge in [0, 0.05) is 12.0 Å². The fourth-order valence-electron chi connectivity index (χ4n) is 3.38. The van der Waals surface area contributed by atoms with Crippen LogP contribution in [0, 0.1) is 5.41 Å². The molecular weight excluding hydrogens is 251 g/mol. The molecule has 0 spiro atoms. The van der Waals surface area contributed by atoms with Crippen LogP contribution in [0.5, 0.6) is 0 Å². The summed E-state index contributed by atoms with van der Waals surface area (Å²) >= 11 is 0. The molecule has 1 atom stereocenters. The first-order valence-corrected chi connectivity index (χ1v) is 6.57. The second kappa shape index (κ2) is 4.51. The van der Waals surface area contributed by atoms with Gasteiger partial charge >= 0.3 is 6.18 Å². The summed E-state index contributed by atoms with van der Waals surface area (Å²) in [6.07, 6.45) is -1.96. The molecule has 1 aliphatic rings. The Balaban J connectivity index is 2.52. The van der Waals surface area contributed by atoms with Crippen LogP contribution in [0.15, 0.2) is 24.3 Å². The van der Waals surface area contributed by atoms with Crippen molar-refractivity contribution in [2.75, 3.05) is 6.54 Å². The summed E-state index contributed by atoms with van der Waals surface area (Å²) in [5.41, 5.74) is 5.23. The lowest BCUT2D eigenvalue weighted by Gasteiger charge is -2.32. The van der Waals surface area contributed by atoms with Crippen LogP contribution in [-0.2, 0) is 11.6 Å². The maximum Gasteiger partial charge on any atom is 0.416 e. The summed E-state index contributed by atoms with van der Waals surface area (Å²) in [4.78, 5) is 0. The van der Waals surface area contributed by atoms with E-state index in [0.717, 1.165) is 18.9 Å². The minimum Gasteiger partial charge on any atom is -0.330 e. The molecule has 0 bridgehead atoms. The zero-order valence-electron chi connectivity index (χ0n) is 11.3. The van der Waals surface area contributed by atoms with E-state index in [9.17, 15) is 13.2 Å². The van der Waals surface area contributed by atoms with E-state index < -0.39 is 17.2 Å². The third kappa shape index (κ3) is 2.64. The van der Waals surface area contributed by atoms with Crippen LogP contribution in [0.4, 0.5) is 13.2 Å². The van der Waals surface area contributed by atoms with Crippen molar-refractivity contribution in [3.63, 3.8) is 0 Å². The summed E-state index contributed by atoms with van der Waals surface area (Å²) in [7, 11) is 0. The van der Waals surface area contributed by atoms with E-state index in [1.54, 1.807) is 12.1 Å². The SMILES string of the molecule is CC1(C)CCC(CN)(c2ccccc2C(F)(F)F)C1. The molecule has 106 valence electrons. The predicted octanol–water partition coefficient (Wildman–Crippen LogP) is 4.11. The Morgan fingerprint density at radius 2 is 1.79 bits per heavy atom. The van der Waals surface area contributed by atoms with Crippen molar-refractivity contribution in [3.05, 3.63) is 35.4 Å². The molecule has 1 unspecified atom stereocenters. The topological polar surface area (TPSA) is 26.0 Å². The average molecular weight is 271 g/mol. The van der Waals surface area contributed by atoms with Crippen molar-refractivity contribution in [3.8, 4) is 0 Å². The number of alkyl halides is 3. The van der Waals surface area contributed by atoms with Gasteiger partial charge in [0.05, 0.1) is 5.56 Å². The van der Waals surface area contributed by atoms with Crippen LogP contribution in [0.1, 0.15) is 44.2 Å². The van der Waals surface area contributed by atoms with Gasteiger partial charge in [-0.2, -0.15) is 13.2 Å². The number of benzene rings is 1. The quantitative estimate of drug-likeness (QED) is 0.860. The van der Waals surface area contributed by atoms with Gasteiger partial charge in [0.25, 0.3) is 0 Å². The summed E-state index contributed by atoms with van der Waals surface area (Å²) in [6.45, 7) is 4.46. The van der Waals surface area contributed by atoms with Gasteiger partial charge in [-0.05, 0) is 36.3 Å². The zero-order chi connectivity index (χ0) is 14.3. The number of hydrogen-bond donors (Lipinski definition) is 1. The minimum atomic E-state index is -4.31. The highest BCUT2D eigenvalue weighted by Crippen LogP contribution is 2.52. The molecule has 0 saturated heterocycles. The van der Waals surface area contributed by atoms with E-state index in [1.807, 2.05) is 0 Å². The Morgan fingerprint density at radius 1 is 1.16 bits per heavy atom. The van der Waals surface area contributed by atoms with Crippen LogP contribution >= 0.6 is 0 Å². The smallest absolute Gasteiger partial charge is 0.330 e. The molecule has 1 aromatic rings. The Kier molecular flexibility index (Phi) is 3.42. The third-order valence-electron chi connectivity index (χ3n) is 4.29. The molecule has 4 heteroatoms. The lowest BCUT2D eigenvalue weighted by molar-refractivity contribution is -0.138. The highest BCUT2D eigenvalue weighted by atomic mass is 19.4. The lowest BCUT2D eigenvalue weighted by atomic mass is 9.74. The lowest BCUT2D eigenvalue weighted by Crippen LogP contribution is -2.35. The van der Waals surface area contributed by atoms with Crippen molar-refractivity contribution in [2.24, 2.45) is 11.1 Å². The van der Waals surface area contributed by atoms with Crippen LogP contribution in [0.25, 0.3) is 0 Å². The van der Waals surface area contributed by atoms with E-state index in [4.69, 9.17) is 5.73 Å². The largest absolute Gasteiger partial charge is 0.416 e. The van der Waals surface area contributed by atoms with E-state index in [2.05, 4.69) is 13.8 Å². The van der Waals surface area contributed by atoms with E-state index in [1.165, 1.54) is 6.07 Å². The Bertz CT molecular complexity index is 465. The third-order valence-corrected chi connectivity index (χ3v) is 4.29. The molecule has 0 aromatic heterocycles. The van der Waals surface area contributed by atoms with Gasteiger partial charge in [0.1, 0.15) is 0 Å². The van der Waals surface area contributed by atoms with Gasteiger partial charge in [-0.1, -0.05) is 32.0 Å². The van der Waals surface area contributed by atoms with Gasteiger partial charge in [0.15, 0.2) is 0 Å². The molecule has 0 amide bonds. The molecule has 0 aliphatic heterocycles. The number of hydrogen-bond acceptors (Lipinski definition) is 1. The van der Waals surface area contributed by atoms with Gasteiger partial charge < -0.3 is 5.73 Å². The van der Waals surface area contributed by atoms with E-state index >= 15 is 0 Å². The second-order valence-electron chi connectivity index (χ2n) is 6.37. The summed E-state index contributed by atoms with van der Waals surface area (Å²) in [6, 6.07) is 5.87. The van der Waals surface area contributed by atoms with E-state index in [-0.39, 0.29) is 12.0 Å². The standard InChI is InChI=1S/C15H20F3N/c1-13(2)7-8-14(9-13,10-19)11-5-3-4-6-12(11)15(16,17)18/h3-6H,7-10,19H2,1-2H3. The van der Waals surface area contributed by atoms with Crippen LogP contribution < -0.4 is 5.73 Å². The highest BCUT2D eigenvalue weighted by Gasteiger charge is 2.47. The molecule has 1 saturated carbocycles. The fourth-order valence-corrected chi connectivity index (χ4v) is 3.38. The molecule has 0 heterocycles. The van der Waals surface area contributed by atoms with Crippen molar-refractivity contribution < 1.29 is 13.2 Å². The normalized spacial score (nSPS) is 26.6. The van der Waals surface area contributed by atoms with Crippen molar-refractivity contribution >= 4 is 0 Å². The number of rotatable bonds is 2. The van der Waals surface area contributed by atoms with E-state index in [0.29, 0.717) is 12.0 Å². The van der Waals surface area contributed by atoms with Crippen LogP contribution in [0.2, 0.25) is 0 Å². The Morgan fingerprint density at radius 3 is 2.26 bits per heavy atom. The summed E-state index contributed by atoms with van der Waals surface area (Å²) in [5.74, 6) is 0. The predicted molar refractivity (Wildman–Crippen MR) is 69.8 cm³/mol. The minimum absolute atomic E-state index is 0.0537. The molecule has 19 heavy (non-hydrogen) atoms. The zero-order valence-corrected chi connectivity index (χ0v) is 11.3. The van der Waals surface area contributed by atoms with Crippen LogP contribution in [0.3, 0.4) is 0 Å². The summed E-state index contributed by atoms with van der Waals surface area (Å²) in [5, 5.41) is 0. The molecule has 2 rings (SSSR count). The van der Waals surface area contributed by atoms with Crippen molar-refractivity contribution in [1.82, 2.24) is 0 Å². The van der Waals surface area contributed by atoms with Crippen LogP contribution in [-0.4, -0.2) is 6.54 Å². The fraction of sp³-hybridized carbons (Fsp3) is 0.600.